The number of nitrogens with zero attached hydrogens (tertiary/aromatic N) is 1. The third-order valence-electron chi connectivity index (χ3n) is 3.93. The van der Waals surface area contributed by atoms with Gasteiger partial charge in [-0.25, -0.2) is 4.98 Å². The van der Waals surface area contributed by atoms with E-state index in [4.69, 9.17) is 11.6 Å². The first-order chi connectivity index (χ1) is 8.85. The van der Waals surface area contributed by atoms with Crippen molar-refractivity contribution in [3.05, 3.63) is 22.8 Å². The topological polar surface area (TPSA) is 24.9 Å². The molecule has 19 heavy (non-hydrogen) atoms. The Hall–Kier alpha value is -0.970. The molecule has 0 aliphatic heterocycles. The van der Waals surface area contributed by atoms with Crippen LogP contribution in [0.15, 0.2) is 12.1 Å². The molecule has 0 unspecified atom stereocenters. The number of anilines is 1. The van der Waals surface area contributed by atoms with E-state index >= 15 is 0 Å². The standard InChI is InChI=1S/C13H16ClF3N2/c1-2-12(4-3-5-12)8-18-11-7-9(13(15,16)17)6-10(14)19-11/h6-7H,2-5,8H2,1H3,(H,18,19). The molecule has 1 heterocycles. The molecule has 6 heteroatoms. The van der Waals surface area contributed by atoms with E-state index in [1.807, 2.05) is 0 Å². The largest absolute Gasteiger partial charge is 0.416 e. The van der Waals surface area contributed by atoms with Crippen LogP contribution in [0.1, 0.15) is 38.2 Å². The van der Waals surface area contributed by atoms with Crippen molar-refractivity contribution in [1.82, 2.24) is 4.98 Å². The van der Waals surface area contributed by atoms with Crippen LogP contribution in [-0.4, -0.2) is 11.5 Å². The molecule has 0 saturated heterocycles. The van der Waals surface area contributed by atoms with Crippen molar-refractivity contribution in [2.75, 3.05) is 11.9 Å². The summed E-state index contributed by atoms with van der Waals surface area (Å²) in [5, 5.41) is 2.85. The summed E-state index contributed by atoms with van der Waals surface area (Å²) in [4.78, 5) is 3.90. The van der Waals surface area contributed by atoms with Gasteiger partial charge in [0.2, 0.25) is 0 Å². The normalized spacial score (nSPS) is 17.9. The van der Waals surface area contributed by atoms with Crippen LogP contribution in [0.2, 0.25) is 5.15 Å². The van der Waals surface area contributed by atoms with Crippen molar-refractivity contribution in [3.8, 4) is 0 Å². The maximum absolute atomic E-state index is 12.7. The van der Waals surface area contributed by atoms with E-state index in [2.05, 4.69) is 17.2 Å². The van der Waals surface area contributed by atoms with Crippen LogP contribution < -0.4 is 5.32 Å². The molecule has 2 rings (SSSR count). The molecule has 1 fully saturated rings. The fourth-order valence-electron chi connectivity index (χ4n) is 2.36. The molecule has 1 N–H and O–H groups in total. The molecular formula is C13H16ClF3N2. The predicted octanol–water partition coefficient (Wildman–Crippen LogP) is 4.75. The van der Waals surface area contributed by atoms with Crippen LogP contribution in [0, 0.1) is 5.41 Å². The molecule has 0 bridgehead atoms. The lowest BCUT2D eigenvalue weighted by atomic mass is 9.67. The highest BCUT2D eigenvalue weighted by Crippen LogP contribution is 2.43. The lowest BCUT2D eigenvalue weighted by Crippen LogP contribution is -2.36. The molecule has 0 radical (unpaired) electrons. The van der Waals surface area contributed by atoms with Crippen molar-refractivity contribution in [1.29, 1.82) is 0 Å². The Kier molecular flexibility index (Phi) is 3.95. The zero-order valence-electron chi connectivity index (χ0n) is 10.6. The minimum atomic E-state index is -4.40. The van der Waals surface area contributed by atoms with Gasteiger partial charge in [0.15, 0.2) is 0 Å². The molecule has 1 aliphatic carbocycles. The summed E-state index contributed by atoms with van der Waals surface area (Å²) < 4.78 is 38.0. The van der Waals surface area contributed by atoms with Gasteiger partial charge in [-0.05, 0) is 36.8 Å². The van der Waals surface area contributed by atoms with Crippen LogP contribution in [0.3, 0.4) is 0 Å². The Bertz CT molecular complexity index is 450. The van der Waals surface area contributed by atoms with E-state index in [0.29, 0.717) is 6.54 Å². The van der Waals surface area contributed by atoms with Gasteiger partial charge in [0.05, 0.1) is 5.56 Å². The number of alkyl halides is 3. The highest BCUT2D eigenvalue weighted by atomic mass is 35.5. The average Bonchev–Trinajstić information content (AvgIpc) is 2.26. The quantitative estimate of drug-likeness (QED) is 0.810. The van der Waals surface area contributed by atoms with E-state index < -0.39 is 11.7 Å². The predicted molar refractivity (Wildman–Crippen MR) is 69.3 cm³/mol. The van der Waals surface area contributed by atoms with Gasteiger partial charge in [0.25, 0.3) is 0 Å². The minimum Gasteiger partial charge on any atom is -0.369 e. The first kappa shape index (κ1) is 14.4. The van der Waals surface area contributed by atoms with Crippen LogP contribution in [0.5, 0.6) is 0 Å². The Morgan fingerprint density at radius 3 is 2.53 bits per heavy atom. The molecule has 106 valence electrons. The highest BCUT2D eigenvalue weighted by Gasteiger charge is 2.35. The average molecular weight is 293 g/mol. The SMILES string of the molecule is CCC1(CNc2cc(C(F)(F)F)cc(Cl)n2)CCC1. The summed E-state index contributed by atoms with van der Waals surface area (Å²) in [6, 6.07) is 1.85. The smallest absolute Gasteiger partial charge is 0.369 e. The van der Waals surface area contributed by atoms with Crippen molar-refractivity contribution in [2.24, 2.45) is 5.41 Å². The number of pyridine rings is 1. The van der Waals surface area contributed by atoms with Crippen LogP contribution >= 0.6 is 11.6 Å². The molecule has 0 aromatic carbocycles. The molecule has 0 atom stereocenters. The molecule has 0 amide bonds. The maximum Gasteiger partial charge on any atom is 0.416 e. The van der Waals surface area contributed by atoms with Gasteiger partial charge >= 0.3 is 6.18 Å². The molecule has 1 aliphatic rings. The number of aromatic nitrogens is 1. The van der Waals surface area contributed by atoms with Crippen molar-refractivity contribution in [2.45, 2.75) is 38.8 Å². The zero-order chi connectivity index (χ0) is 14.1. The van der Waals surface area contributed by atoms with Gasteiger partial charge in [-0.15, -0.1) is 0 Å². The van der Waals surface area contributed by atoms with Crippen LogP contribution in [0.4, 0.5) is 19.0 Å². The summed E-state index contributed by atoms with van der Waals surface area (Å²) in [5.74, 6) is 0.194. The van der Waals surface area contributed by atoms with E-state index in [-0.39, 0.29) is 16.4 Å². The molecule has 0 spiro atoms. The summed E-state index contributed by atoms with van der Waals surface area (Å²) in [5.41, 5.74) is -0.559. The number of rotatable bonds is 4. The summed E-state index contributed by atoms with van der Waals surface area (Å²) >= 11 is 5.64. The first-order valence-corrected chi connectivity index (χ1v) is 6.71. The first-order valence-electron chi connectivity index (χ1n) is 6.33. The second kappa shape index (κ2) is 5.19. The molecule has 1 aromatic rings. The Morgan fingerprint density at radius 2 is 2.05 bits per heavy atom. The van der Waals surface area contributed by atoms with E-state index in [1.54, 1.807) is 0 Å². The third-order valence-corrected chi connectivity index (χ3v) is 4.12. The monoisotopic (exact) mass is 292 g/mol. The lowest BCUT2D eigenvalue weighted by Gasteiger charge is -2.41. The van der Waals surface area contributed by atoms with Gasteiger partial charge in [-0.3, -0.25) is 0 Å². The zero-order valence-corrected chi connectivity index (χ0v) is 11.4. The Labute approximate surface area is 115 Å². The van der Waals surface area contributed by atoms with Gasteiger partial charge in [0.1, 0.15) is 11.0 Å². The molecule has 1 saturated carbocycles. The van der Waals surface area contributed by atoms with Crippen molar-refractivity contribution >= 4 is 17.4 Å². The second-order valence-electron chi connectivity index (χ2n) is 5.12. The van der Waals surface area contributed by atoms with Crippen molar-refractivity contribution < 1.29 is 13.2 Å². The number of hydrogen-bond acceptors (Lipinski definition) is 2. The van der Waals surface area contributed by atoms with Gasteiger partial charge in [-0.2, -0.15) is 13.2 Å². The number of halogens is 4. The maximum atomic E-state index is 12.7. The minimum absolute atomic E-state index is 0.142. The number of nitrogens with one attached hydrogen (secondary N) is 1. The fourth-order valence-corrected chi connectivity index (χ4v) is 2.57. The lowest BCUT2D eigenvalue weighted by molar-refractivity contribution is -0.137. The Morgan fingerprint density at radius 1 is 1.37 bits per heavy atom. The molecule has 2 nitrogen and oxygen atoms in total. The third kappa shape index (κ3) is 3.32. The highest BCUT2D eigenvalue weighted by molar-refractivity contribution is 6.29. The fraction of sp³-hybridized carbons (Fsp3) is 0.615. The van der Waals surface area contributed by atoms with E-state index in [9.17, 15) is 13.2 Å². The summed E-state index contributed by atoms with van der Waals surface area (Å²) in [6.45, 7) is 2.75. The molecule has 1 aromatic heterocycles. The summed E-state index contributed by atoms with van der Waals surface area (Å²) in [6.07, 6.45) is 0.0350. The van der Waals surface area contributed by atoms with Gasteiger partial charge in [0, 0.05) is 6.54 Å². The van der Waals surface area contributed by atoms with Gasteiger partial charge < -0.3 is 5.32 Å². The number of hydrogen-bond donors (Lipinski definition) is 1. The van der Waals surface area contributed by atoms with E-state index in [1.165, 1.54) is 6.42 Å². The van der Waals surface area contributed by atoms with Gasteiger partial charge in [-0.1, -0.05) is 24.9 Å². The van der Waals surface area contributed by atoms with Crippen LogP contribution in [0.25, 0.3) is 0 Å². The summed E-state index contributed by atoms with van der Waals surface area (Å²) in [7, 11) is 0. The second-order valence-corrected chi connectivity index (χ2v) is 5.51. The van der Waals surface area contributed by atoms with E-state index in [0.717, 1.165) is 31.4 Å². The van der Waals surface area contributed by atoms with Crippen LogP contribution in [-0.2, 0) is 6.18 Å². The molecular weight excluding hydrogens is 277 g/mol. The Balaban J connectivity index is 2.10. The van der Waals surface area contributed by atoms with Crippen molar-refractivity contribution in [3.63, 3.8) is 0 Å².